The van der Waals surface area contributed by atoms with Crippen molar-refractivity contribution in [1.29, 1.82) is 0 Å². The van der Waals surface area contributed by atoms with E-state index in [0.29, 0.717) is 22.5 Å². The number of nitrogens with zero attached hydrogens (tertiary/aromatic N) is 1. The quantitative estimate of drug-likeness (QED) is 0.797. The van der Waals surface area contributed by atoms with E-state index in [1.807, 2.05) is 13.0 Å². The van der Waals surface area contributed by atoms with E-state index >= 15 is 0 Å². The van der Waals surface area contributed by atoms with Gasteiger partial charge in [0, 0.05) is 5.56 Å². The molecule has 0 saturated carbocycles. The van der Waals surface area contributed by atoms with Crippen LogP contribution in [0.2, 0.25) is 0 Å². The van der Waals surface area contributed by atoms with Crippen LogP contribution in [0, 0.1) is 5.82 Å². The fourth-order valence-corrected chi connectivity index (χ4v) is 1.88. The Morgan fingerprint density at radius 2 is 2.00 bits per heavy atom. The summed E-state index contributed by atoms with van der Waals surface area (Å²) in [7, 11) is 0. The third-order valence-electron chi connectivity index (χ3n) is 2.25. The van der Waals surface area contributed by atoms with Gasteiger partial charge in [-0.2, -0.15) is 0 Å². The van der Waals surface area contributed by atoms with Crippen LogP contribution in [0.3, 0.4) is 0 Å². The molecule has 0 radical (unpaired) electrons. The molecule has 0 aliphatic heterocycles. The van der Waals surface area contributed by atoms with Crippen molar-refractivity contribution in [2.24, 2.45) is 0 Å². The molecule has 0 amide bonds. The molecule has 0 saturated heterocycles. The molecule has 0 fully saturated rings. The van der Waals surface area contributed by atoms with Crippen molar-refractivity contribution in [3.05, 3.63) is 46.8 Å². The number of halogens is 2. The summed E-state index contributed by atoms with van der Waals surface area (Å²) < 4.78 is 20.0. The number of rotatable bonds is 3. The van der Waals surface area contributed by atoms with Gasteiger partial charge in [0.2, 0.25) is 0 Å². The molecule has 2 aromatic rings. The van der Waals surface area contributed by atoms with E-state index in [9.17, 15) is 4.39 Å². The summed E-state index contributed by atoms with van der Waals surface area (Å²) in [6, 6.07) is 10.4. The number of ether oxygens (including phenoxy) is 1. The van der Waals surface area contributed by atoms with Gasteiger partial charge in [-0.25, -0.2) is 9.37 Å². The van der Waals surface area contributed by atoms with Crippen LogP contribution in [-0.2, 0) is 0 Å². The Kier molecular flexibility index (Phi) is 3.74. The number of hydrogen-bond acceptors (Lipinski definition) is 2. The molecule has 0 atom stereocenters. The van der Waals surface area contributed by atoms with Crippen molar-refractivity contribution in [2.75, 3.05) is 6.61 Å². The molecule has 0 aliphatic carbocycles. The van der Waals surface area contributed by atoms with E-state index in [4.69, 9.17) is 4.74 Å². The summed E-state index contributed by atoms with van der Waals surface area (Å²) >= 11 is 3.27. The van der Waals surface area contributed by atoms with E-state index in [-0.39, 0.29) is 11.6 Å². The normalized spacial score (nSPS) is 10.3. The highest BCUT2D eigenvalue weighted by atomic mass is 79.9. The van der Waals surface area contributed by atoms with Crippen molar-refractivity contribution in [3.63, 3.8) is 0 Å². The Bertz CT molecular complexity index is 531. The fraction of sp³-hybridized carbons (Fsp3) is 0.154. The minimum Gasteiger partial charge on any atom is -0.491 e. The number of benzene rings is 1. The van der Waals surface area contributed by atoms with E-state index in [0.717, 1.165) is 0 Å². The van der Waals surface area contributed by atoms with Crippen molar-refractivity contribution in [3.8, 4) is 17.0 Å². The molecule has 2 nitrogen and oxygen atoms in total. The van der Waals surface area contributed by atoms with Gasteiger partial charge in [0.15, 0.2) is 11.6 Å². The first-order valence-electron chi connectivity index (χ1n) is 5.26. The molecular formula is C13H11BrFNO. The van der Waals surface area contributed by atoms with Crippen LogP contribution >= 0.6 is 15.9 Å². The number of pyridine rings is 1. The molecule has 0 N–H and O–H groups in total. The summed E-state index contributed by atoms with van der Waals surface area (Å²) in [6.45, 7) is 2.26. The maximum Gasteiger partial charge on any atom is 0.174 e. The smallest absolute Gasteiger partial charge is 0.174 e. The minimum atomic E-state index is -0.375. The van der Waals surface area contributed by atoms with Crippen LogP contribution < -0.4 is 4.74 Å². The van der Waals surface area contributed by atoms with Crippen LogP contribution in [0.5, 0.6) is 5.75 Å². The monoisotopic (exact) mass is 295 g/mol. The van der Waals surface area contributed by atoms with Crippen LogP contribution in [0.15, 0.2) is 41.0 Å². The molecule has 1 aromatic carbocycles. The summed E-state index contributed by atoms with van der Waals surface area (Å²) in [5, 5.41) is 0. The van der Waals surface area contributed by atoms with Crippen LogP contribution in [0.1, 0.15) is 6.92 Å². The minimum absolute atomic E-state index is 0.256. The highest BCUT2D eigenvalue weighted by Crippen LogP contribution is 2.28. The van der Waals surface area contributed by atoms with Crippen LogP contribution in [0.4, 0.5) is 4.39 Å². The molecule has 1 aromatic heterocycles. The zero-order valence-corrected chi connectivity index (χ0v) is 10.9. The van der Waals surface area contributed by atoms with Gasteiger partial charge in [0.05, 0.1) is 12.3 Å². The van der Waals surface area contributed by atoms with E-state index < -0.39 is 0 Å². The topological polar surface area (TPSA) is 22.1 Å². The largest absolute Gasteiger partial charge is 0.491 e. The molecule has 4 heteroatoms. The SMILES string of the molecule is CCOc1cccc(-c2cccc(Br)n2)c1F. The first-order chi connectivity index (χ1) is 8.22. The molecule has 88 valence electrons. The van der Waals surface area contributed by atoms with Crippen molar-refractivity contribution >= 4 is 15.9 Å². The highest BCUT2D eigenvalue weighted by Gasteiger charge is 2.11. The van der Waals surface area contributed by atoms with Crippen LogP contribution in [-0.4, -0.2) is 11.6 Å². The maximum atomic E-state index is 14.1. The van der Waals surface area contributed by atoms with Gasteiger partial charge >= 0.3 is 0 Å². The van der Waals surface area contributed by atoms with Gasteiger partial charge in [-0.05, 0) is 47.1 Å². The summed E-state index contributed by atoms with van der Waals surface area (Å²) in [5.74, 6) is -0.119. The summed E-state index contributed by atoms with van der Waals surface area (Å²) in [6.07, 6.45) is 0. The molecule has 1 heterocycles. The molecule has 17 heavy (non-hydrogen) atoms. The lowest BCUT2D eigenvalue weighted by atomic mass is 10.1. The van der Waals surface area contributed by atoms with Gasteiger partial charge in [0.1, 0.15) is 4.60 Å². The Hall–Kier alpha value is -1.42. The Morgan fingerprint density at radius 3 is 2.71 bits per heavy atom. The molecule has 0 spiro atoms. The zero-order valence-electron chi connectivity index (χ0n) is 9.28. The number of hydrogen-bond donors (Lipinski definition) is 0. The standard InChI is InChI=1S/C13H11BrFNO/c1-2-17-11-7-3-5-9(13(11)15)10-6-4-8-12(14)16-10/h3-8H,2H2,1H3. The predicted octanol–water partition coefficient (Wildman–Crippen LogP) is 4.05. The van der Waals surface area contributed by atoms with Gasteiger partial charge < -0.3 is 4.74 Å². The van der Waals surface area contributed by atoms with E-state index in [1.165, 1.54) is 0 Å². The number of aromatic nitrogens is 1. The van der Waals surface area contributed by atoms with Gasteiger partial charge in [-0.1, -0.05) is 12.1 Å². The van der Waals surface area contributed by atoms with E-state index in [2.05, 4.69) is 20.9 Å². The zero-order chi connectivity index (χ0) is 12.3. The summed E-state index contributed by atoms with van der Waals surface area (Å²) in [5.41, 5.74) is 1.02. The lowest BCUT2D eigenvalue weighted by Gasteiger charge is -2.08. The third-order valence-corrected chi connectivity index (χ3v) is 2.70. The van der Waals surface area contributed by atoms with E-state index in [1.54, 1.807) is 30.3 Å². The molecule has 2 rings (SSSR count). The average molecular weight is 296 g/mol. The second-order valence-corrected chi connectivity index (χ2v) is 4.21. The van der Waals surface area contributed by atoms with Gasteiger partial charge in [0.25, 0.3) is 0 Å². The van der Waals surface area contributed by atoms with Crippen molar-refractivity contribution in [1.82, 2.24) is 4.98 Å². The summed E-state index contributed by atoms with van der Waals surface area (Å²) in [4.78, 5) is 4.23. The second kappa shape index (κ2) is 5.27. The molecular weight excluding hydrogens is 285 g/mol. The van der Waals surface area contributed by atoms with Crippen LogP contribution in [0.25, 0.3) is 11.3 Å². The van der Waals surface area contributed by atoms with Gasteiger partial charge in [-0.3, -0.25) is 0 Å². The highest BCUT2D eigenvalue weighted by molar-refractivity contribution is 9.10. The fourth-order valence-electron chi connectivity index (χ4n) is 1.53. The predicted molar refractivity (Wildman–Crippen MR) is 68.5 cm³/mol. The maximum absolute atomic E-state index is 14.1. The third kappa shape index (κ3) is 2.64. The Labute approximate surface area is 108 Å². The first-order valence-corrected chi connectivity index (χ1v) is 6.06. The Morgan fingerprint density at radius 1 is 1.24 bits per heavy atom. The molecule has 0 aliphatic rings. The van der Waals surface area contributed by atoms with Crippen molar-refractivity contribution in [2.45, 2.75) is 6.92 Å². The molecule has 0 unspecified atom stereocenters. The van der Waals surface area contributed by atoms with Crippen molar-refractivity contribution < 1.29 is 9.13 Å². The first kappa shape index (κ1) is 12.0. The lowest BCUT2D eigenvalue weighted by molar-refractivity contribution is 0.322. The second-order valence-electron chi connectivity index (χ2n) is 3.40. The Balaban J connectivity index is 2.49. The van der Waals surface area contributed by atoms with Gasteiger partial charge in [-0.15, -0.1) is 0 Å². The average Bonchev–Trinajstić information content (AvgIpc) is 2.32. The lowest BCUT2D eigenvalue weighted by Crippen LogP contribution is -1.96. The molecule has 0 bridgehead atoms.